The summed E-state index contributed by atoms with van der Waals surface area (Å²) >= 11 is 18.9. The molecule has 51 heavy (non-hydrogen) atoms. The number of sulfonamides is 1. The van der Waals surface area contributed by atoms with Gasteiger partial charge in [0, 0.05) is 19.0 Å². The molecule has 1 atom stereocenters. The number of alkyl halides is 3. The van der Waals surface area contributed by atoms with Gasteiger partial charge in [-0.2, -0.15) is 13.2 Å². The molecule has 14 heteroatoms. The Kier molecular flexibility index (Phi) is 12.6. The molecule has 0 saturated heterocycles. The van der Waals surface area contributed by atoms with Crippen molar-refractivity contribution in [3.63, 3.8) is 0 Å². The van der Waals surface area contributed by atoms with Gasteiger partial charge in [-0.3, -0.25) is 13.9 Å². The first-order valence-electron chi connectivity index (χ1n) is 16.3. The molecule has 5 rings (SSSR count). The first-order chi connectivity index (χ1) is 24.2. The highest BCUT2D eigenvalue weighted by molar-refractivity contribution is 7.92. The molecule has 0 spiro atoms. The number of hydrogen-bond donors (Lipinski definition) is 1. The van der Waals surface area contributed by atoms with Crippen molar-refractivity contribution in [2.24, 2.45) is 0 Å². The molecule has 0 radical (unpaired) electrons. The molecule has 270 valence electrons. The SMILES string of the molecule is O=C(NC1CCCCC1)[C@@H](Cc1ccccc1)N(Cc1ccc(Cl)c(Cl)c1)C(=O)CN(c1cc(C(F)(F)F)ccc1Cl)S(=O)(=O)c1ccccc1. The molecular weight excluding hydrogens is 746 g/mol. The Hall–Kier alpha value is -3.77. The monoisotopic (exact) mass is 779 g/mol. The molecule has 1 fully saturated rings. The molecule has 0 aromatic heterocycles. The van der Waals surface area contributed by atoms with Crippen LogP contribution in [0.4, 0.5) is 18.9 Å². The summed E-state index contributed by atoms with van der Waals surface area (Å²) in [5, 5.41) is 3.22. The smallest absolute Gasteiger partial charge is 0.352 e. The van der Waals surface area contributed by atoms with E-state index in [0.717, 1.165) is 49.8 Å². The average molecular weight is 781 g/mol. The molecule has 1 saturated carbocycles. The van der Waals surface area contributed by atoms with Crippen LogP contribution in [0, 0.1) is 0 Å². The predicted molar refractivity (Wildman–Crippen MR) is 193 cm³/mol. The number of benzene rings is 4. The Morgan fingerprint density at radius 3 is 2.04 bits per heavy atom. The summed E-state index contributed by atoms with van der Waals surface area (Å²) in [5.41, 5.74) is -0.507. The highest BCUT2D eigenvalue weighted by Crippen LogP contribution is 2.37. The predicted octanol–water partition coefficient (Wildman–Crippen LogP) is 8.95. The molecular formula is C37H35Cl3F3N3O4S. The zero-order valence-corrected chi connectivity index (χ0v) is 30.3. The van der Waals surface area contributed by atoms with Gasteiger partial charge in [-0.1, -0.05) is 109 Å². The van der Waals surface area contributed by atoms with Gasteiger partial charge in [0.15, 0.2) is 0 Å². The third-order valence-electron chi connectivity index (χ3n) is 8.71. The van der Waals surface area contributed by atoms with Crippen LogP contribution in [-0.2, 0) is 38.8 Å². The van der Waals surface area contributed by atoms with Crippen LogP contribution in [0.2, 0.25) is 15.1 Å². The summed E-state index contributed by atoms with van der Waals surface area (Å²) in [6.07, 6.45) is -0.338. The number of hydrogen-bond acceptors (Lipinski definition) is 4. The molecule has 1 aliphatic carbocycles. The second-order valence-electron chi connectivity index (χ2n) is 12.3. The highest BCUT2D eigenvalue weighted by Gasteiger charge is 2.38. The van der Waals surface area contributed by atoms with Gasteiger partial charge in [-0.15, -0.1) is 0 Å². The lowest BCUT2D eigenvalue weighted by Crippen LogP contribution is -2.55. The molecule has 1 N–H and O–H groups in total. The number of nitrogens with zero attached hydrogens (tertiary/aromatic N) is 2. The Bertz CT molecular complexity index is 1950. The van der Waals surface area contributed by atoms with E-state index in [0.29, 0.717) is 15.9 Å². The van der Waals surface area contributed by atoms with E-state index in [9.17, 15) is 31.2 Å². The zero-order valence-electron chi connectivity index (χ0n) is 27.3. The standard InChI is InChI=1S/C37H35Cl3F3N3O4S/c38-30-18-16-26(20-32(30)40)23-45(34(21-25-10-4-1-5-11-25)36(48)44-28-12-6-2-7-13-28)35(47)24-46(51(49,50)29-14-8-3-9-15-29)33-22-27(37(41,42)43)17-19-31(33)39/h1,3-5,8-11,14-20,22,28,34H,2,6-7,12-13,21,23-24H2,(H,44,48)/t34-/m1/s1. The van der Waals surface area contributed by atoms with E-state index >= 15 is 0 Å². The summed E-state index contributed by atoms with van der Waals surface area (Å²) in [6, 6.07) is 21.6. The van der Waals surface area contributed by atoms with E-state index in [1.54, 1.807) is 36.4 Å². The Labute approximate surface area is 310 Å². The lowest BCUT2D eigenvalue weighted by Gasteiger charge is -2.35. The summed E-state index contributed by atoms with van der Waals surface area (Å²) in [4.78, 5) is 29.9. The van der Waals surface area contributed by atoms with Gasteiger partial charge in [0.05, 0.1) is 31.2 Å². The van der Waals surface area contributed by atoms with E-state index < -0.39 is 51.9 Å². The zero-order chi connectivity index (χ0) is 36.8. The van der Waals surface area contributed by atoms with Crippen LogP contribution in [-0.4, -0.2) is 43.8 Å². The third-order valence-corrected chi connectivity index (χ3v) is 11.5. The summed E-state index contributed by atoms with van der Waals surface area (Å²) in [7, 11) is -4.69. The van der Waals surface area contributed by atoms with Gasteiger partial charge >= 0.3 is 6.18 Å². The molecule has 0 aliphatic heterocycles. The van der Waals surface area contributed by atoms with Gasteiger partial charge < -0.3 is 10.2 Å². The van der Waals surface area contributed by atoms with Crippen molar-refractivity contribution in [1.82, 2.24) is 10.2 Å². The number of anilines is 1. The van der Waals surface area contributed by atoms with Crippen LogP contribution in [0.15, 0.2) is 102 Å². The maximum Gasteiger partial charge on any atom is 0.416 e. The summed E-state index contributed by atoms with van der Waals surface area (Å²) in [5.74, 6) is -1.32. The largest absolute Gasteiger partial charge is 0.416 e. The van der Waals surface area contributed by atoms with Crippen molar-refractivity contribution >= 4 is 62.3 Å². The lowest BCUT2D eigenvalue weighted by molar-refractivity contribution is -0.140. The van der Waals surface area contributed by atoms with Gasteiger partial charge in [-0.25, -0.2) is 8.42 Å². The number of rotatable bonds is 12. The van der Waals surface area contributed by atoms with Crippen molar-refractivity contribution in [3.8, 4) is 0 Å². The fraction of sp³-hybridized carbons (Fsp3) is 0.297. The van der Waals surface area contributed by atoms with Crippen molar-refractivity contribution in [1.29, 1.82) is 0 Å². The number of amides is 2. The van der Waals surface area contributed by atoms with Gasteiger partial charge in [-0.05, 0) is 66.4 Å². The van der Waals surface area contributed by atoms with E-state index in [1.807, 2.05) is 6.07 Å². The lowest BCUT2D eigenvalue weighted by atomic mass is 9.94. The quantitative estimate of drug-likeness (QED) is 0.156. The van der Waals surface area contributed by atoms with E-state index in [-0.39, 0.29) is 39.0 Å². The fourth-order valence-electron chi connectivity index (χ4n) is 6.05. The molecule has 4 aromatic carbocycles. The first kappa shape index (κ1) is 38.5. The second kappa shape index (κ2) is 16.7. The minimum absolute atomic E-state index is 0.0577. The van der Waals surface area contributed by atoms with Crippen LogP contribution >= 0.6 is 34.8 Å². The molecule has 0 unspecified atom stereocenters. The Morgan fingerprint density at radius 2 is 1.41 bits per heavy atom. The number of nitrogens with one attached hydrogen (secondary N) is 1. The maximum atomic E-state index is 14.7. The Morgan fingerprint density at radius 1 is 0.784 bits per heavy atom. The fourth-order valence-corrected chi connectivity index (χ4v) is 8.08. The van der Waals surface area contributed by atoms with E-state index in [1.165, 1.54) is 41.3 Å². The molecule has 2 amide bonds. The van der Waals surface area contributed by atoms with Crippen molar-refractivity contribution in [2.75, 3.05) is 10.8 Å². The molecule has 0 heterocycles. The second-order valence-corrected chi connectivity index (χ2v) is 15.4. The van der Waals surface area contributed by atoms with E-state index in [2.05, 4.69) is 5.32 Å². The van der Waals surface area contributed by atoms with Crippen LogP contribution in [0.1, 0.15) is 48.8 Å². The van der Waals surface area contributed by atoms with Gasteiger partial charge in [0.1, 0.15) is 12.6 Å². The molecule has 7 nitrogen and oxygen atoms in total. The normalized spacial score (nSPS) is 14.5. The highest BCUT2D eigenvalue weighted by atomic mass is 35.5. The van der Waals surface area contributed by atoms with Crippen LogP contribution in [0.3, 0.4) is 0 Å². The van der Waals surface area contributed by atoms with Crippen molar-refractivity contribution in [3.05, 3.63) is 129 Å². The summed E-state index contributed by atoms with van der Waals surface area (Å²) < 4.78 is 70.7. The third kappa shape index (κ3) is 9.77. The van der Waals surface area contributed by atoms with E-state index in [4.69, 9.17) is 34.8 Å². The van der Waals surface area contributed by atoms with Gasteiger partial charge in [0.25, 0.3) is 10.0 Å². The number of halogens is 6. The minimum Gasteiger partial charge on any atom is -0.352 e. The van der Waals surface area contributed by atoms with Gasteiger partial charge in [0.2, 0.25) is 11.8 Å². The van der Waals surface area contributed by atoms with Crippen LogP contribution < -0.4 is 9.62 Å². The first-order valence-corrected chi connectivity index (χ1v) is 18.8. The maximum absolute atomic E-state index is 14.7. The van der Waals surface area contributed by atoms with Crippen molar-refractivity contribution in [2.45, 2.75) is 68.2 Å². The Balaban J connectivity index is 1.62. The van der Waals surface area contributed by atoms with Crippen molar-refractivity contribution < 1.29 is 31.2 Å². The minimum atomic E-state index is -4.84. The topological polar surface area (TPSA) is 86.8 Å². The summed E-state index contributed by atoms with van der Waals surface area (Å²) in [6.45, 7) is -1.19. The molecule has 0 bridgehead atoms. The van der Waals surface area contributed by atoms with Crippen LogP contribution in [0.25, 0.3) is 0 Å². The van der Waals surface area contributed by atoms with Crippen LogP contribution in [0.5, 0.6) is 0 Å². The molecule has 1 aliphatic rings. The molecule has 4 aromatic rings. The number of carbonyl (C=O) groups is 2. The number of carbonyl (C=O) groups excluding carboxylic acids is 2. The average Bonchev–Trinajstić information content (AvgIpc) is 3.11.